The van der Waals surface area contributed by atoms with Crippen LogP contribution < -0.4 is 5.32 Å². The molecule has 100 valence electrons. The molecule has 5 heteroatoms. The summed E-state index contributed by atoms with van der Waals surface area (Å²) in [7, 11) is 1.73. The maximum absolute atomic E-state index is 5.30. The first-order valence-corrected chi connectivity index (χ1v) is 7.56. The third kappa shape index (κ3) is 3.32. The van der Waals surface area contributed by atoms with Gasteiger partial charge in [0.05, 0.1) is 15.4 Å². The molecular weight excluding hydrogens is 341 g/mol. The maximum atomic E-state index is 5.30. The van der Waals surface area contributed by atoms with Gasteiger partial charge in [-0.3, -0.25) is 0 Å². The number of hydrogen-bond acceptors (Lipinski definition) is 4. The molecule has 2 rings (SSSR count). The second-order valence-corrected chi connectivity index (χ2v) is 5.82. The van der Waals surface area contributed by atoms with Crippen molar-refractivity contribution in [2.24, 2.45) is 0 Å². The zero-order valence-corrected chi connectivity index (χ0v) is 13.3. The Balaban J connectivity index is 2.28. The molecule has 1 N–H and O–H groups in total. The molecule has 0 aromatic carbocycles. The van der Waals surface area contributed by atoms with E-state index < -0.39 is 0 Å². The molecular formula is C13H20IN3O. The highest BCUT2D eigenvalue weighted by Gasteiger charge is 2.29. The lowest BCUT2D eigenvalue weighted by molar-refractivity contribution is 0.117. The van der Waals surface area contributed by atoms with Gasteiger partial charge in [-0.2, -0.15) is 0 Å². The van der Waals surface area contributed by atoms with Gasteiger partial charge < -0.3 is 10.1 Å². The van der Waals surface area contributed by atoms with Crippen LogP contribution in [0.15, 0.2) is 0 Å². The number of halogens is 1. The van der Waals surface area contributed by atoms with Gasteiger partial charge in [0, 0.05) is 26.0 Å². The summed E-state index contributed by atoms with van der Waals surface area (Å²) in [5, 5.41) is 3.33. The minimum atomic E-state index is 0.159. The minimum Gasteiger partial charge on any atom is -0.381 e. The molecule has 1 heterocycles. The summed E-state index contributed by atoms with van der Waals surface area (Å²) in [4.78, 5) is 9.34. The van der Waals surface area contributed by atoms with Crippen molar-refractivity contribution in [1.82, 2.24) is 9.97 Å². The summed E-state index contributed by atoms with van der Waals surface area (Å²) in [6.07, 6.45) is 3.45. The van der Waals surface area contributed by atoms with Gasteiger partial charge in [0.15, 0.2) is 0 Å². The molecule has 0 amide bonds. The highest BCUT2D eigenvalue weighted by Crippen LogP contribution is 2.42. The van der Waals surface area contributed by atoms with Crippen LogP contribution in [-0.2, 0) is 11.2 Å². The number of methoxy groups -OCH3 is 1. The molecule has 4 nitrogen and oxygen atoms in total. The van der Waals surface area contributed by atoms with Crippen LogP contribution in [-0.4, -0.2) is 29.7 Å². The Morgan fingerprint density at radius 2 is 2.17 bits per heavy atom. The first kappa shape index (κ1) is 14.0. The monoisotopic (exact) mass is 361 g/mol. The molecule has 1 aliphatic rings. The van der Waals surface area contributed by atoms with Crippen molar-refractivity contribution in [2.45, 2.75) is 45.1 Å². The summed E-state index contributed by atoms with van der Waals surface area (Å²) in [6.45, 7) is 5.02. The van der Waals surface area contributed by atoms with Crippen LogP contribution in [0.25, 0.3) is 0 Å². The van der Waals surface area contributed by atoms with Gasteiger partial charge in [-0.1, -0.05) is 0 Å². The highest BCUT2D eigenvalue weighted by molar-refractivity contribution is 14.1. The fourth-order valence-corrected chi connectivity index (χ4v) is 2.73. The van der Waals surface area contributed by atoms with Gasteiger partial charge in [0.1, 0.15) is 11.6 Å². The van der Waals surface area contributed by atoms with Crippen LogP contribution in [0.3, 0.4) is 0 Å². The van der Waals surface area contributed by atoms with Crippen LogP contribution in [0.5, 0.6) is 0 Å². The van der Waals surface area contributed by atoms with Crippen molar-refractivity contribution in [3.63, 3.8) is 0 Å². The van der Waals surface area contributed by atoms with Crippen molar-refractivity contribution in [3.8, 4) is 0 Å². The summed E-state index contributed by atoms with van der Waals surface area (Å²) >= 11 is 2.36. The Morgan fingerprint density at radius 3 is 2.72 bits per heavy atom. The van der Waals surface area contributed by atoms with Gasteiger partial charge in [0.25, 0.3) is 0 Å². The molecule has 1 saturated carbocycles. The summed E-state index contributed by atoms with van der Waals surface area (Å²) in [6, 6.07) is 0. The molecule has 18 heavy (non-hydrogen) atoms. The predicted molar refractivity (Wildman–Crippen MR) is 81.1 cm³/mol. The van der Waals surface area contributed by atoms with Crippen LogP contribution in [0.4, 0.5) is 5.82 Å². The molecule has 1 aromatic rings. The second-order valence-electron chi connectivity index (χ2n) is 4.74. The first-order chi connectivity index (χ1) is 8.65. The van der Waals surface area contributed by atoms with Crippen molar-refractivity contribution in [3.05, 3.63) is 15.1 Å². The lowest BCUT2D eigenvalue weighted by Gasteiger charge is -2.14. The lowest BCUT2D eigenvalue weighted by atomic mass is 10.2. The molecule has 0 saturated heterocycles. The SMILES string of the molecule is CCNc1nc(CC(C)OC)nc(C2CC2)c1I. The van der Waals surface area contributed by atoms with E-state index in [2.05, 4.69) is 39.8 Å². The van der Waals surface area contributed by atoms with Crippen molar-refractivity contribution in [2.75, 3.05) is 19.0 Å². The first-order valence-electron chi connectivity index (χ1n) is 6.48. The highest BCUT2D eigenvalue weighted by atomic mass is 127. The van der Waals surface area contributed by atoms with Gasteiger partial charge in [-0.05, 0) is 49.3 Å². The van der Waals surface area contributed by atoms with Crippen molar-refractivity contribution < 1.29 is 4.74 Å². The molecule has 0 radical (unpaired) electrons. The molecule has 1 aliphatic carbocycles. The second kappa shape index (κ2) is 6.14. The quantitative estimate of drug-likeness (QED) is 0.792. The number of aromatic nitrogens is 2. The van der Waals surface area contributed by atoms with Crippen LogP contribution in [0, 0.1) is 3.57 Å². The maximum Gasteiger partial charge on any atom is 0.143 e. The number of ether oxygens (including phenoxy) is 1. The van der Waals surface area contributed by atoms with E-state index in [1.165, 1.54) is 22.1 Å². The molecule has 0 spiro atoms. The van der Waals surface area contributed by atoms with E-state index in [1.54, 1.807) is 7.11 Å². The Hall–Kier alpha value is -0.430. The van der Waals surface area contributed by atoms with E-state index in [4.69, 9.17) is 9.72 Å². The Bertz CT molecular complexity index is 421. The predicted octanol–water partition coefficient (Wildman–Crippen LogP) is 2.97. The third-order valence-corrected chi connectivity index (χ3v) is 4.17. The third-order valence-electron chi connectivity index (χ3n) is 3.10. The standard InChI is InChI=1S/C13H20IN3O/c1-4-15-13-11(14)12(9-5-6-9)16-10(17-13)7-8(2)18-3/h8-9H,4-7H2,1-3H3,(H,15,16,17). The average Bonchev–Trinajstić information content (AvgIpc) is 3.17. The van der Waals surface area contributed by atoms with E-state index in [0.717, 1.165) is 24.6 Å². The van der Waals surface area contributed by atoms with Crippen LogP contribution >= 0.6 is 22.6 Å². The molecule has 1 fully saturated rings. The van der Waals surface area contributed by atoms with Gasteiger partial charge in [-0.25, -0.2) is 9.97 Å². The van der Waals surface area contributed by atoms with Crippen LogP contribution in [0.2, 0.25) is 0 Å². The normalized spacial score (nSPS) is 16.7. The molecule has 1 atom stereocenters. The van der Waals surface area contributed by atoms with Crippen molar-refractivity contribution >= 4 is 28.4 Å². The number of hydrogen-bond donors (Lipinski definition) is 1. The largest absolute Gasteiger partial charge is 0.381 e. The van der Waals surface area contributed by atoms with Crippen molar-refractivity contribution in [1.29, 1.82) is 0 Å². The Kier molecular flexibility index (Phi) is 4.77. The molecule has 1 unspecified atom stereocenters. The van der Waals surface area contributed by atoms with Gasteiger partial charge >= 0.3 is 0 Å². The fraction of sp³-hybridized carbons (Fsp3) is 0.692. The molecule has 1 aromatic heterocycles. The summed E-state index contributed by atoms with van der Waals surface area (Å²) in [5.74, 6) is 2.52. The fourth-order valence-electron chi connectivity index (χ4n) is 1.86. The van der Waals surface area contributed by atoms with Gasteiger partial charge in [0.2, 0.25) is 0 Å². The summed E-state index contributed by atoms with van der Waals surface area (Å²) in [5.41, 5.74) is 1.22. The van der Waals surface area contributed by atoms with Crippen LogP contribution in [0.1, 0.15) is 44.1 Å². The Labute approximate surface area is 122 Å². The minimum absolute atomic E-state index is 0.159. The number of nitrogens with one attached hydrogen (secondary N) is 1. The molecule has 0 aliphatic heterocycles. The lowest BCUT2D eigenvalue weighted by Crippen LogP contribution is -2.15. The zero-order chi connectivity index (χ0) is 13.1. The number of rotatable bonds is 6. The molecule has 0 bridgehead atoms. The smallest absolute Gasteiger partial charge is 0.143 e. The van der Waals surface area contributed by atoms with E-state index >= 15 is 0 Å². The topological polar surface area (TPSA) is 47.0 Å². The van der Waals surface area contributed by atoms with E-state index in [9.17, 15) is 0 Å². The van der Waals surface area contributed by atoms with E-state index in [-0.39, 0.29) is 6.10 Å². The average molecular weight is 361 g/mol. The van der Waals surface area contributed by atoms with E-state index in [1.807, 2.05) is 6.92 Å². The number of anilines is 1. The Morgan fingerprint density at radius 1 is 1.44 bits per heavy atom. The number of nitrogens with zero attached hydrogens (tertiary/aromatic N) is 2. The summed E-state index contributed by atoms with van der Waals surface area (Å²) < 4.78 is 6.48. The zero-order valence-electron chi connectivity index (χ0n) is 11.2. The van der Waals surface area contributed by atoms with E-state index in [0.29, 0.717) is 5.92 Å². The van der Waals surface area contributed by atoms with Gasteiger partial charge in [-0.15, -0.1) is 0 Å².